The number of likely N-dealkylation sites (tertiary alicyclic amines) is 1. The number of rotatable bonds is 5. The van der Waals surface area contributed by atoms with Crippen LogP contribution in [0.25, 0.3) is 0 Å². The van der Waals surface area contributed by atoms with Gasteiger partial charge in [0.15, 0.2) is 0 Å². The van der Waals surface area contributed by atoms with Crippen molar-refractivity contribution >= 4 is 11.6 Å². The molecule has 1 aromatic rings. The first-order chi connectivity index (χ1) is 11.6. The number of aliphatic hydroxyl groups excluding tert-OH is 1. The predicted molar refractivity (Wildman–Crippen MR) is 94.6 cm³/mol. The van der Waals surface area contributed by atoms with Gasteiger partial charge in [-0.2, -0.15) is 0 Å². The normalized spacial score (nSPS) is 25.8. The Morgan fingerprint density at radius 2 is 1.96 bits per heavy atom. The van der Waals surface area contributed by atoms with E-state index in [0.29, 0.717) is 6.04 Å². The largest absolute Gasteiger partial charge is 0.393 e. The van der Waals surface area contributed by atoms with E-state index in [9.17, 15) is 9.90 Å². The molecule has 2 aliphatic rings. The molecule has 2 heterocycles. The number of nitrogens with zero attached hydrogens (tertiary/aromatic N) is 1. The van der Waals surface area contributed by atoms with Crippen LogP contribution in [0.5, 0.6) is 0 Å². The Labute approximate surface area is 143 Å². The number of aliphatic hydroxyl groups is 1. The van der Waals surface area contributed by atoms with E-state index >= 15 is 0 Å². The fourth-order valence-corrected chi connectivity index (χ4v) is 3.30. The summed E-state index contributed by atoms with van der Waals surface area (Å²) in [4.78, 5) is 14.6. The van der Waals surface area contributed by atoms with Crippen LogP contribution < -0.4 is 16.2 Å². The predicted octanol–water partition coefficient (Wildman–Crippen LogP) is 0.879. The summed E-state index contributed by atoms with van der Waals surface area (Å²) in [5.74, 6) is 0.00599. The van der Waals surface area contributed by atoms with Gasteiger partial charge >= 0.3 is 0 Å². The molecule has 1 aromatic carbocycles. The zero-order valence-corrected chi connectivity index (χ0v) is 14.3. The highest BCUT2D eigenvalue weighted by Gasteiger charge is 2.26. The number of piperidine rings is 1. The summed E-state index contributed by atoms with van der Waals surface area (Å²) in [6.45, 7) is 5.04. The molecule has 3 rings (SSSR count). The van der Waals surface area contributed by atoms with Gasteiger partial charge in [-0.15, -0.1) is 0 Å². The van der Waals surface area contributed by atoms with Gasteiger partial charge in [0.2, 0.25) is 5.91 Å². The fourth-order valence-electron chi connectivity index (χ4n) is 3.30. The van der Waals surface area contributed by atoms with Crippen LogP contribution >= 0.6 is 0 Å². The summed E-state index contributed by atoms with van der Waals surface area (Å²) in [7, 11) is 0. The first-order valence-electron chi connectivity index (χ1n) is 8.91. The van der Waals surface area contributed by atoms with Gasteiger partial charge in [0.1, 0.15) is 6.04 Å². The summed E-state index contributed by atoms with van der Waals surface area (Å²) in [5, 5.41) is 12.5. The average molecular weight is 332 g/mol. The summed E-state index contributed by atoms with van der Waals surface area (Å²) in [5.41, 5.74) is 8.19. The number of nitrogens with one attached hydrogen (secondary N) is 3. The number of hydrogen-bond acceptors (Lipinski definition) is 5. The third-order valence-corrected chi connectivity index (χ3v) is 4.90. The van der Waals surface area contributed by atoms with Crippen molar-refractivity contribution in [1.82, 2.24) is 15.8 Å². The molecule has 24 heavy (non-hydrogen) atoms. The van der Waals surface area contributed by atoms with Crippen molar-refractivity contribution in [2.75, 3.05) is 25.0 Å². The number of hydrogen-bond donors (Lipinski definition) is 4. The van der Waals surface area contributed by atoms with Crippen LogP contribution in [-0.4, -0.2) is 53.7 Å². The van der Waals surface area contributed by atoms with E-state index in [1.165, 1.54) is 5.56 Å². The lowest BCUT2D eigenvalue weighted by Crippen LogP contribution is -2.39. The summed E-state index contributed by atoms with van der Waals surface area (Å²) in [6.07, 6.45) is 3.45. The molecule has 6 heteroatoms. The Hall–Kier alpha value is -1.47. The molecule has 2 saturated heterocycles. The van der Waals surface area contributed by atoms with Gasteiger partial charge in [0.25, 0.3) is 0 Å². The Balaban J connectivity index is 1.44. The molecule has 0 bridgehead atoms. The molecule has 4 N–H and O–H groups in total. The standard InChI is InChI=1S/C18H28N4O2/c1-13-12-17(21-20-13)18(24)19-15-4-2-14(3-5-15)6-9-22-10-7-16(23)8-11-22/h2-5,13,16-17,20-21,23H,6-12H2,1H3,(H,19,24). The van der Waals surface area contributed by atoms with Crippen molar-refractivity contribution in [3.63, 3.8) is 0 Å². The Morgan fingerprint density at radius 1 is 1.25 bits per heavy atom. The van der Waals surface area contributed by atoms with E-state index in [2.05, 4.69) is 40.1 Å². The number of anilines is 1. The van der Waals surface area contributed by atoms with Gasteiger partial charge in [0, 0.05) is 31.4 Å². The van der Waals surface area contributed by atoms with E-state index in [4.69, 9.17) is 0 Å². The maximum atomic E-state index is 12.2. The second kappa shape index (κ2) is 8.07. The molecular weight excluding hydrogens is 304 g/mol. The molecular formula is C18H28N4O2. The monoisotopic (exact) mass is 332 g/mol. The molecule has 0 saturated carbocycles. The third-order valence-electron chi connectivity index (χ3n) is 4.90. The third kappa shape index (κ3) is 4.77. The van der Waals surface area contributed by atoms with Crippen LogP contribution in [0.2, 0.25) is 0 Å². The molecule has 1 amide bonds. The van der Waals surface area contributed by atoms with E-state index < -0.39 is 0 Å². The number of carbonyl (C=O) groups excluding carboxylic acids is 1. The van der Waals surface area contributed by atoms with Gasteiger partial charge in [-0.3, -0.25) is 10.2 Å². The average Bonchev–Trinajstić information content (AvgIpc) is 3.02. The van der Waals surface area contributed by atoms with Gasteiger partial charge in [-0.1, -0.05) is 12.1 Å². The molecule has 2 unspecified atom stereocenters. The van der Waals surface area contributed by atoms with Crippen LogP contribution in [0, 0.1) is 0 Å². The van der Waals surface area contributed by atoms with Crippen molar-refractivity contribution < 1.29 is 9.90 Å². The molecule has 2 aliphatic heterocycles. The molecule has 0 aliphatic carbocycles. The summed E-state index contributed by atoms with van der Waals surface area (Å²) in [6, 6.07) is 8.25. The summed E-state index contributed by atoms with van der Waals surface area (Å²) >= 11 is 0. The molecule has 2 fully saturated rings. The summed E-state index contributed by atoms with van der Waals surface area (Å²) < 4.78 is 0. The van der Waals surface area contributed by atoms with Crippen molar-refractivity contribution in [1.29, 1.82) is 0 Å². The molecule has 2 atom stereocenters. The van der Waals surface area contributed by atoms with E-state index in [1.807, 2.05) is 12.1 Å². The zero-order valence-electron chi connectivity index (χ0n) is 14.3. The smallest absolute Gasteiger partial charge is 0.242 e. The molecule has 6 nitrogen and oxygen atoms in total. The lowest BCUT2D eigenvalue weighted by Gasteiger charge is -2.29. The van der Waals surface area contributed by atoms with Gasteiger partial charge in [-0.05, 0) is 50.3 Å². The second-order valence-corrected chi connectivity index (χ2v) is 6.99. The molecule has 132 valence electrons. The lowest BCUT2D eigenvalue weighted by atomic mass is 10.1. The zero-order chi connectivity index (χ0) is 16.9. The molecule has 0 aromatic heterocycles. The number of carbonyl (C=O) groups is 1. The molecule has 0 radical (unpaired) electrons. The minimum absolute atomic E-state index is 0.00599. The van der Waals surface area contributed by atoms with Crippen LogP contribution in [0.15, 0.2) is 24.3 Å². The van der Waals surface area contributed by atoms with Crippen molar-refractivity contribution in [3.05, 3.63) is 29.8 Å². The highest BCUT2D eigenvalue weighted by Crippen LogP contribution is 2.14. The number of hydrazine groups is 1. The van der Waals surface area contributed by atoms with Crippen LogP contribution in [0.1, 0.15) is 31.7 Å². The quantitative estimate of drug-likeness (QED) is 0.644. The SMILES string of the molecule is CC1CC(C(=O)Nc2ccc(CCN3CCC(O)CC3)cc2)NN1. The van der Waals surface area contributed by atoms with E-state index in [0.717, 1.165) is 51.0 Å². The van der Waals surface area contributed by atoms with Crippen molar-refractivity contribution in [3.8, 4) is 0 Å². The Bertz CT molecular complexity index is 540. The molecule has 0 spiro atoms. The van der Waals surface area contributed by atoms with Crippen molar-refractivity contribution in [2.45, 2.75) is 50.8 Å². The van der Waals surface area contributed by atoms with Crippen molar-refractivity contribution in [2.24, 2.45) is 0 Å². The van der Waals surface area contributed by atoms with Gasteiger partial charge < -0.3 is 15.3 Å². The van der Waals surface area contributed by atoms with E-state index in [1.54, 1.807) is 0 Å². The van der Waals surface area contributed by atoms with Crippen LogP contribution in [-0.2, 0) is 11.2 Å². The maximum Gasteiger partial charge on any atom is 0.242 e. The number of amides is 1. The fraction of sp³-hybridized carbons (Fsp3) is 0.611. The second-order valence-electron chi connectivity index (χ2n) is 6.99. The minimum Gasteiger partial charge on any atom is -0.393 e. The first kappa shape index (κ1) is 17.4. The number of benzene rings is 1. The van der Waals surface area contributed by atoms with E-state index in [-0.39, 0.29) is 18.1 Å². The van der Waals surface area contributed by atoms with Gasteiger partial charge in [0.05, 0.1) is 6.10 Å². The minimum atomic E-state index is -0.172. The van der Waals surface area contributed by atoms with Crippen LogP contribution in [0.3, 0.4) is 0 Å². The Kier molecular flexibility index (Phi) is 5.84. The highest BCUT2D eigenvalue weighted by molar-refractivity contribution is 5.95. The lowest BCUT2D eigenvalue weighted by molar-refractivity contribution is -0.117. The Morgan fingerprint density at radius 3 is 2.58 bits per heavy atom. The van der Waals surface area contributed by atoms with Crippen LogP contribution in [0.4, 0.5) is 5.69 Å². The topological polar surface area (TPSA) is 76.6 Å². The highest BCUT2D eigenvalue weighted by atomic mass is 16.3. The first-order valence-corrected chi connectivity index (χ1v) is 8.91. The maximum absolute atomic E-state index is 12.2. The van der Waals surface area contributed by atoms with Gasteiger partial charge in [-0.25, -0.2) is 5.43 Å².